The number of aromatic nitrogens is 2. The Hall–Kier alpha value is -2.01. The Bertz CT molecular complexity index is 653. The van der Waals surface area contributed by atoms with E-state index in [1.54, 1.807) is 6.07 Å². The van der Waals surface area contributed by atoms with E-state index in [4.69, 9.17) is 10.7 Å². The van der Waals surface area contributed by atoms with E-state index in [1.807, 2.05) is 12.3 Å². The van der Waals surface area contributed by atoms with Crippen LogP contribution < -0.4 is 11.1 Å². The molecule has 1 heterocycles. The van der Waals surface area contributed by atoms with E-state index in [2.05, 4.69) is 10.3 Å². The molecule has 0 bridgehead atoms. The molecule has 0 unspecified atom stereocenters. The van der Waals surface area contributed by atoms with Crippen LogP contribution in [0.25, 0.3) is 11.4 Å². The van der Waals surface area contributed by atoms with E-state index in [1.165, 1.54) is 25.0 Å². The number of hydrogen-bond donors (Lipinski definition) is 2. The Balaban J connectivity index is 1.92. The summed E-state index contributed by atoms with van der Waals surface area (Å²) in [6, 6.07) is 6.45. The molecule has 1 aromatic heterocycles. The molecule has 0 radical (unpaired) electrons. The van der Waals surface area contributed by atoms with Crippen molar-refractivity contribution >= 4 is 5.69 Å². The molecule has 1 aromatic carbocycles. The van der Waals surface area contributed by atoms with Crippen molar-refractivity contribution in [3.63, 3.8) is 0 Å². The quantitative estimate of drug-likeness (QED) is 0.798. The number of rotatable bonds is 6. The van der Waals surface area contributed by atoms with Gasteiger partial charge in [0.2, 0.25) is 0 Å². The molecule has 3 N–H and O–H groups in total. The summed E-state index contributed by atoms with van der Waals surface area (Å²) in [6.07, 6.45) is 7.54. The average molecular weight is 314 g/mol. The second kappa shape index (κ2) is 7.51. The van der Waals surface area contributed by atoms with E-state index in [9.17, 15) is 4.39 Å². The Labute approximate surface area is 136 Å². The SMILES string of the molecule is NCCCNc1cnc(-c2cccc(F)c2)nc1C1CCCC1. The zero-order valence-corrected chi connectivity index (χ0v) is 13.3. The molecule has 122 valence electrons. The summed E-state index contributed by atoms with van der Waals surface area (Å²) in [6.45, 7) is 1.48. The highest BCUT2D eigenvalue weighted by Gasteiger charge is 2.22. The number of nitrogens with one attached hydrogen (secondary N) is 1. The van der Waals surface area contributed by atoms with Gasteiger partial charge in [-0.3, -0.25) is 0 Å². The van der Waals surface area contributed by atoms with Gasteiger partial charge in [0.05, 0.1) is 17.6 Å². The van der Waals surface area contributed by atoms with Crippen molar-refractivity contribution in [1.82, 2.24) is 9.97 Å². The highest BCUT2D eigenvalue weighted by Crippen LogP contribution is 2.37. The third-order valence-electron chi connectivity index (χ3n) is 4.34. The number of nitrogens with two attached hydrogens (primary N) is 1. The van der Waals surface area contributed by atoms with E-state index in [0.717, 1.165) is 42.8 Å². The van der Waals surface area contributed by atoms with Crippen LogP contribution in [-0.4, -0.2) is 23.1 Å². The van der Waals surface area contributed by atoms with Crippen LogP contribution in [0.3, 0.4) is 0 Å². The van der Waals surface area contributed by atoms with Gasteiger partial charge >= 0.3 is 0 Å². The lowest BCUT2D eigenvalue weighted by atomic mass is 10.0. The molecule has 1 fully saturated rings. The van der Waals surface area contributed by atoms with Gasteiger partial charge in [0.25, 0.3) is 0 Å². The Morgan fingerprint density at radius 1 is 1.26 bits per heavy atom. The monoisotopic (exact) mass is 314 g/mol. The normalized spacial score (nSPS) is 15.0. The van der Waals surface area contributed by atoms with Gasteiger partial charge < -0.3 is 11.1 Å². The van der Waals surface area contributed by atoms with Crippen LogP contribution in [0.15, 0.2) is 30.5 Å². The first-order valence-electron chi connectivity index (χ1n) is 8.35. The fourth-order valence-electron chi connectivity index (χ4n) is 3.13. The Kier molecular flexibility index (Phi) is 5.18. The maximum atomic E-state index is 13.5. The fraction of sp³-hybridized carbons (Fsp3) is 0.444. The zero-order valence-electron chi connectivity index (χ0n) is 13.3. The minimum atomic E-state index is -0.265. The van der Waals surface area contributed by atoms with Crippen LogP contribution in [-0.2, 0) is 0 Å². The van der Waals surface area contributed by atoms with Gasteiger partial charge in [0.1, 0.15) is 5.82 Å². The third-order valence-corrected chi connectivity index (χ3v) is 4.34. The van der Waals surface area contributed by atoms with Gasteiger partial charge in [-0.1, -0.05) is 25.0 Å². The predicted octanol–water partition coefficient (Wildman–Crippen LogP) is 3.70. The van der Waals surface area contributed by atoms with Crippen molar-refractivity contribution in [3.8, 4) is 11.4 Å². The van der Waals surface area contributed by atoms with Crippen molar-refractivity contribution in [2.24, 2.45) is 5.73 Å². The van der Waals surface area contributed by atoms with Gasteiger partial charge in [0.15, 0.2) is 5.82 Å². The summed E-state index contributed by atoms with van der Waals surface area (Å²) in [4.78, 5) is 9.20. The maximum Gasteiger partial charge on any atom is 0.159 e. The second-order valence-electron chi connectivity index (χ2n) is 6.05. The molecule has 5 heteroatoms. The van der Waals surface area contributed by atoms with Gasteiger partial charge in [0, 0.05) is 18.0 Å². The smallest absolute Gasteiger partial charge is 0.159 e. The summed E-state index contributed by atoms with van der Waals surface area (Å²) in [5, 5.41) is 3.40. The summed E-state index contributed by atoms with van der Waals surface area (Å²) < 4.78 is 13.5. The molecule has 1 aliphatic carbocycles. The predicted molar refractivity (Wildman–Crippen MR) is 90.8 cm³/mol. The molecule has 4 nitrogen and oxygen atoms in total. The lowest BCUT2D eigenvalue weighted by Gasteiger charge is -2.16. The van der Waals surface area contributed by atoms with Crippen LogP contribution in [0.4, 0.5) is 10.1 Å². The molecule has 0 spiro atoms. The number of benzene rings is 1. The van der Waals surface area contributed by atoms with E-state index >= 15 is 0 Å². The molecule has 0 aliphatic heterocycles. The highest BCUT2D eigenvalue weighted by molar-refractivity contribution is 5.58. The van der Waals surface area contributed by atoms with Gasteiger partial charge in [-0.05, 0) is 37.9 Å². The first kappa shape index (κ1) is 15.9. The Morgan fingerprint density at radius 2 is 2.09 bits per heavy atom. The van der Waals surface area contributed by atoms with Crippen LogP contribution in [0.5, 0.6) is 0 Å². The fourth-order valence-corrected chi connectivity index (χ4v) is 3.13. The van der Waals surface area contributed by atoms with Crippen molar-refractivity contribution < 1.29 is 4.39 Å². The summed E-state index contributed by atoms with van der Waals surface area (Å²) in [5.41, 5.74) is 8.34. The molecule has 0 amide bonds. The highest BCUT2D eigenvalue weighted by atomic mass is 19.1. The molecule has 3 rings (SSSR count). The lowest BCUT2D eigenvalue weighted by Crippen LogP contribution is -2.12. The van der Waals surface area contributed by atoms with Crippen molar-refractivity contribution in [2.75, 3.05) is 18.4 Å². The van der Waals surface area contributed by atoms with Crippen molar-refractivity contribution in [2.45, 2.75) is 38.0 Å². The van der Waals surface area contributed by atoms with Gasteiger partial charge in [-0.15, -0.1) is 0 Å². The lowest BCUT2D eigenvalue weighted by molar-refractivity contribution is 0.628. The number of nitrogens with zero attached hydrogens (tertiary/aromatic N) is 2. The average Bonchev–Trinajstić information content (AvgIpc) is 3.10. The minimum absolute atomic E-state index is 0.265. The molecule has 1 saturated carbocycles. The van der Waals surface area contributed by atoms with Gasteiger partial charge in [-0.25, -0.2) is 14.4 Å². The zero-order chi connectivity index (χ0) is 16.1. The Morgan fingerprint density at radius 3 is 2.83 bits per heavy atom. The molecule has 0 atom stereocenters. The molecule has 2 aromatic rings. The molecular formula is C18H23FN4. The van der Waals surface area contributed by atoms with Crippen LogP contribution in [0, 0.1) is 5.82 Å². The summed E-state index contributed by atoms with van der Waals surface area (Å²) in [7, 11) is 0. The van der Waals surface area contributed by atoms with E-state index < -0.39 is 0 Å². The van der Waals surface area contributed by atoms with E-state index in [0.29, 0.717) is 18.3 Å². The third kappa shape index (κ3) is 3.85. The standard InChI is InChI=1S/C18H23FN4/c19-15-8-3-7-14(11-15)18-22-12-16(21-10-4-9-20)17(23-18)13-5-1-2-6-13/h3,7-8,11-13,21H,1-2,4-6,9-10,20H2. The molecule has 23 heavy (non-hydrogen) atoms. The van der Waals surface area contributed by atoms with Crippen molar-refractivity contribution in [3.05, 3.63) is 42.0 Å². The molecular weight excluding hydrogens is 291 g/mol. The van der Waals surface area contributed by atoms with Crippen LogP contribution in [0.2, 0.25) is 0 Å². The first-order chi connectivity index (χ1) is 11.3. The number of anilines is 1. The van der Waals surface area contributed by atoms with Gasteiger partial charge in [-0.2, -0.15) is 0 Å². The second-order valence-corrected chi connectivity index (χ2v) is 6.05. The maximum absolute atomic E-state index is 13.5. The summed E-state index contributed by atoms with van der Waals surface area (Å²) in [5.74, 6) is 0.792. The number of halogens is 1. The van der Waals surface area contributed by atoms with E-state index in [-0.39, 0.29) is 5.82 Å². The first-order valence-corrected chi connectivity index (χ1v) is 8.35. The minimum Gasteiger partial charge on any atom is -0.382 e. The van der Waals surface area contributed by atoms with Crippen LogP contribution >= 0.6 is 0 Å². The van der Waals surface area contributed by atoms with Crippen LogP contribution in [0.1, 0.15) is 43.7 Å². The molecule has 0 saturated heterocycles. The summed E-state index contributed by atoms with van der Waals surface area (Å²) >= 11 is 0. The largest absolute Gasteiger partial charge is 0.382 e. The number of hydrogen-bond acceptors (Lipinski definition) is 4. The molecule has 1 aliphatic rings. The van der Waals surface area contributed by atoms with Crippen molar-refractivity contribution in [1.29, 1.82) is 0 Å². The topological polar surface area (TPSA) is 63.8 Å².